The Morgan fingerprint density at radius 3 is 2.37 bits per heavy atom. The molecule has 188 valence electrons. The number of benzene rings is 2. The lowest BCUT2D eigenvalue weighted by molar-refractivity contribution is -0.140. The first-order chi connectivity index (χ1) is 16.7. The van der Waals surface area contributed by atoms with E-state index in [1.165, 1.54) is 0 Å². The number of carbonyl (C=O) groups excluding carboxylic acids is 2. The van der Waals surface area contributed by atoms with Gasteiger partial charge in [0.2, 0.25) is 0 Å². The Hall–Kier alpha value is -3.32. The number of para-hydroxylation sites is 1. The molecule has 1 saturated heterocycles. The molecule has 1 heterocycles. The Morgan fingerprint density at radius 2 is 1.74 bits per heavy atom. The van der Waals surface area contributed by atoms with Crippen LogP contribution in [0.4, 0.5) is 0 Å². The number of carbonyl (C=O) groups is 2. The molecule has 0 spiro atoms. The van der Waals surface area contributed by atoms with Gasteiger partial charge in [0.15, 0.2) is 0 Å². The highest BCUT2D eigenvalue weighted by atomic mass is 16.5. The van der Waals surface area contributed by atoms with Crippen LogP contribution in [0.1, 0.15) is 44.4 Å². The summed E-state index contributed by atoms with van der Waals surface area (Å²) < 4.78 is 11.6. The largest absolute Gasteiger partial charge is 0.507 e. The van der Waals surface area contributed by atoms with Crippen LogP contribution in [0.2, 0.25) is 0 Å². The predicted octanol–water partition coefficient (Wildman–Crippen LogP) is 4.49. The molecule has 1 N–H and O–H groups in total. The van der Waals surface area contributed by atoms with E-state index in [0.717, 1.165) is 6.54 Å². The Labute approximate surface area is 207 Å². The zero-order valence-corrected chi connectivity index (χ0v) is 21.3. The minimum Gasteiger partial charge on any atom is -0.507 e. The van der Waals surface area contributed by atoms with E-state index < -0.39 is 17.7 Å². The van der Waals surface area contributed by atoms with Crippen LogP contribution in [-0.2, 0) is 9.59 Å². The van der Waals surface area contributed by atoms with Crippen molar-refractivity contribution in [1.29, 1.82) is 0 Å². The van der Waals surface area contributed by atoms with Gasteiger partial charge < -0.3 is 24.4 Å². The molecule has 0 bridgehead atoms. The van der Waals surface area contributed by atoms with Gasteiger partial charge in [0.25, 0.3) is 11.7 Å². The van der Waals surface area contributed by atoms with Crippen LogP contribution in [0.25, 0.3) is 5.76 Å². The van der Waals surface area contributed by atoms with Gasteiger partial charge in [0.05, 0.1) is 24.8 Å². The number of aliphatic hydroxyl groups excluding tert-OH is 1. The fraction of sp³-hybridized carbons (Fsp3) is 0.429. The molecule has 0 aliphatic carbocycles. The van der Waals surface area contributed by atoms with Gasteiger partial charge >= 0.3 is 0 Å². The molecule has 35 heavy (non-hydrogen) atoms. The van der Waals surface area contributed by atoms with E-state index in [-0.39, 0.29) is 11.3 Å². The Kier molecular flexibility index (Phi) is 8.93. The lowest BCUT2D eigenvalue weighted by Gasteiger charge is -2.27. The smallest absolute Gasteiger partial charge is 0.295 e. The molecule has 0 saturated carbocycles. The summed E-state index contributed by atoms with van der Waals surface area (Å²) in [5.74, 6) is 0.143. The molecule has 3 rings (SSSR count). The van der Waals surface area contributed by atoms with Crippen molar-refractivity contribution in [2.75, 3.05) is 40.4 Å². The van der Waals surface area contributed by atoms with E-state index in [9.17, 15) is 14.7 Å². The summed E-state index contributed by atoms with van der Waals surface area (Å²) in [5, 5.41) is 11.3. The van der Waals surface area contributed by atoms with E-state index in [1.54, 1.807) is 29.2 Å². The summed E-state index contributed by atoms with van der Waals surface area (Å²) in [7, 11) is 3.93. The molecule has 1 atom stereocenters. The molecule has 7 heteroatoms. The predicted molar refractivity (Wildman–Crippen MR) is 137 cm³/mol. The molecule has 1 amide bonds. The number of ether oxygens (including phenoxy) is 2. The van der Waals surface area contributed by atoms with Gasteiger partial charge in [-0.3, -0.25) is 9.59 Å². The molecule has 1 aliphatic heterocycles. The van der Waals surface area contributed by atoms with Crippen molar-refractivity contribution >= 4 is 17.4 Å². The van der Waals surface area contributed by atoms with Crippen molar-refractivity contribution in [3.63, 3.8) is 0 Å². The number of ketones is 1. The summed E-state index contributed by atoms with van der Waals surface area (Å²) in [5.41, 5.74) is 1.20. The van der Waals surface area contributed by atoms with Gasteiger partial charge in [0, 0.05) is 17.7 Å². The van der Waals surface area contributed by atoms with Crippen LogP contribution in [0.15, 0.2) is 54.1 Å². The highest BCUT2D eigenvalue weighted by Crippen LogP contribution is 2.42. The molecule has 1 fully saturated rings. The molecular weight excluding hydrogens is 444 g/mol. The van der Waals surface area contributed by atoms with E-state index in [1.807, 2.05) is 50.2 Å². The zero-order chi connectivity index (χ0) is 25.5. The van der Waals surface area contributed by atoms with Gasteiger partial charge in [-0.25, -0.2) is 0 Å². The lowest BCUT2D eigenvalue weighted by Crippen LogP contribution is -2.32. The Morgan fingerprint density at radius 1 is 1.06 bits per heavy atom. The fourth-order valence-corrected chi connectivity index (χ4v) is 4.11. The molecule has 2 aromatic carbocycles. The number of aliphatic hydroxyl groups is 1. The number of rotatable bonds is 11. The molecule has 7 nitrogen and oxygen atoms in total. The molecule has 0 aromatic heterocycles. The maximum absolute atomic E-state index is 13.2. The highest BCUT2D eigenvalue weighted by Gasteiger charge is 2.46. The van der Waals surface area contributed by atoms with Crippen molar-refractivity contribution in [2.24, 2.45) is 5.92 Å². The monoisotopic (exact) mass is 480 g/mol. The average molecular weight is 481 g/mol. The van der Waals surface area contributed by atoms with Crippen LogP contribution in [0.5, 0.6) is 11.5 Å². The zero-order valence-electron chi connectivity index (χ0n) is 21.3. The quantitative estimate of drug-likeness (QED) is 0.290. The first-order valence-corrected chi connectivity index (χ1v) is 12.1. The second-order valence-corrected chi connectivity index (χ2v) is 9.35. The normalized spacial score (nSPS) is 17.5. The Bertz CT molecular complexity index is 1060. The molecule has 1 aliphatic rings. The van der Waals surface area contributed by atoms with Crippen LogP contribution in [0.3, 0.4) is 0 Å². The minimum absolute atomic E-state index is 0.0721. The SMILES string of the molecule is CCOc1ccccc1[C@@H]1C(=C(O)c2ccc(OCC(C)C)cc2)C(=O)C(=O)N1CCCN(C)C. The maximum atomic E-state index is 13.2. The van der Waals surface area contributed by atoms with Gasteiger partial charge in [-0.1, -0.05) is 32.0 Å². The number of likely N-dealkylation sites (tertiary alicyclic amines) is 1. The summed E-state index contributed by atoms with van der Waals surface area (Å²) in [6.07, 6.45) is 0.690. The van der Waals surface area contributed by atoms with E-state index >= 15 is 0 Å². The number of hydrogen-bond acceptors (Lipinski definition) is 6. The van der Waals surface area contributed by atoms with E-state index in [2.05, 4.69) is 13.8 Å². The second-order valence-electron chi connectivity index (χ2n) is 9.35. The van der Waals surface area contributed by atoms with Crippen molar-refractivity contribution in [3.05, 3.63) is 65.2 Å². The molecule has 2 aromatic rings. The first kappa shape index (κ1) is 26.3. The number of Topliss-reactive ketones (excluding diaryl/α,β-unsaturated/α-hetero) is 1. The third-order valence-corrected chi connectivity index (χ3v) is 5.77. The van der Waals surface area contributed by atoms with Crippen molar-refractivity contribution < 1.29 is 24.2 Å². The van der Waals surface area contributed by atoms with Crippen LogP contribution in [0, 0.1) is 5.92 Å². The minimum atomic E-state index is -0.739. The topological polar surface area (TPSA) is 79.3 Å². The van der Waals surface area contributed by atoms with E-state index in [0.29, 0.717) is 54.7 Å². The first-order valence-electron chi connectivity index (χ1n) is 12.1. The number of amides is 1. The highest BCUT2D eigenvalue weighted by molar-refractivity contribution is 6.46. The van der Waals surface area contributed by atoms with Gasteiger partial charge in [-0.2, -0.15) is 0 Å². The summed E-state index contributed by atoms with van der Waals surface area (Å²) in [4.78, 5) is 30.0. The second kappa shape index (κ2) is 11.9. The summed E-state index contributed by atoms with van der Waals surface area (Å²) >= 11 is 0. The average Bonchev–Trinajstić information content (AvgIpc) is 3.08. The third kappa shape index (κ3) is 6.22. The van der Waals surface area contributed by atoms with Gasteiger partial charge in [-0.05, 0) is 70.2 Å². The lowest BCUT2D eigenvalue weighted by atomic mass is 9.94. The summed E-state index contributed by atoms with van der Waals surface area (Å²) in [6.45, 7) is 8.18. The van der Waals surface area contributed by atoms with Gasteiger partial charge in [0.1, 0.15) is 17.3 Å². The van der Waals surface area contributed by atoms with Gasteiger partial charge in [-0.15, -0.1) is 0 Å². The van der Waals surface area contributed by atoms with E-state index in [4.69, 9.17) is 9.47 Å². The summed E-state index contributed by atoms with van der Waals surface area (Å²) in [6, 6.07) is 13.5. The molecule has 0 radical (unpaired) electrons. The fourth-order valence-electron chi connectivity index (χ4n) is 4.11. The number of nitrogens with zero attached hydrogens (tertiary/aromatic N) is 2. The van der Waals surface area contributed by atoms with Crippen LogP contribution >= 0.6 is 0 Å². The van der Waals surface area contributed by atoms with Crippen LogP contribution < -0.4 is 9.47 Å². The van der Waals surface area contributed by atoms with Crippen molar-refractivity contribution in [1.82, 2.24) is 9.80 Å². The maximum Gasteiger partial charge on any atom is 0.295 e. The van der Waals surface area contributed by atoms with Crippen LogP contribution in [-0.4, -0.2) is 67.0 Å². The van der Waals surface area contributed by atoms with Crippen molar-refractivity contribution in [3.8, 4) is 11.5 Å². The standard InChI is InChI=1S/C28H36N2O5/c1-6-34-23-11-8-7-10-22(23)25-24(27(32)28(33)30(25)17-9-16-29(4)5)26(31)20-12-14-21(15-13-20)35-18-19(2)3/h7-8,10-15,19,25,31H,6,9,16-18H2,1-5H3/t25-/m1/s1. The molecular formula is C28H36N2O5. The molecule has 0 unspecified atom stereocenters. The Balaban J connectivity index is 2.05. The number of hydrogen-bond donors (Lipinski definition) is 1. The third-order valence-electron chi connectivity index (χ3n) is 5.77. The van der Waals surface area contributed by atoms with Crippen molar-refractivity contribution in [2.45, 2.75) is 33.2 Å².